The van der Waals surface area contributed by atoms with E-state index in [1.54, 1.807) is 18.2 Å². The van der Waals surface area contributed by atoms with Crippen molar-refractivity contribution in [1.82, 2.24) is 0 Å². The third-order valence-corrected chi connectivity index (χ3v) is 4.16. The summed E-state index contributed by atoms with van der Waals surface area (Å²) in [6.45, 7) is 1.96. The molecule has 2 atom stereocenters. The molecule has 4 N–H and O–H groups in total. The minimum absolute atomic E-state index is 0. The fraction of sp³-hybridized carbons (Fsp3) is 0.467. The van der Waals surface area contributed by atoms with Gasteiger partial charge in [0.1, 0.15) is 0 Å². The summed E-state index contributed by atoms with van der Waals surface area (Å²) in [6.07, 6.45) is 2.91. The van der Waals surface area contributed by atoms with E-state index in [4.69, 9.17) is 17.3 Å². The molecule has 1 aliphatic rings. The Morgan fingerprint density at radius 3 is 2.64 bits per heavy atom. The lowest BCUT2D eigenvalue weighted by molar-refractivity contribution is -0.120. The van der Waals surface area contributed by atoms with Gasteiger partial charge in [0.05, 0.1) is 10.7 Å². The second-order valence-electron chi connectivity index (χ2n) is 5.40. The maximum atomic E-state index is 12.3. The van der Waals surface area contributed by atoms with E-state index in [1.807, 2.05) is 0 Å². The van der Waals surface area contributed by atoms with Gasteiger partial charge >= 0.3 is 0 Å². The maximum Gasteiger partial charge on any atom is 0.227 e. The average Bonchev–Trinajstić information content (AvgIpc) is 2.89. The number of halogens is 2. The van der Waals surface area contributed by atoms with Crippen LogP contribution in [0.3, 0.4) is 0 Å². The predicted molar refractivity (Wildman–Crippen MR) is 91.5 cm³/mol. The van der Waals surface area contributed by atoms with Crippen molar-refractivity contribution < 1.29 is 9.59 Å². The second-order valence-corrected chi connectivity index (χ2v) is 5.81. The number of anilines is 2. The van der Waals surface area contributed by atoms with E-state index in [2.05, 4.69) is 10.6 Å². The SMILES string of the molecule is CC(=O)Nc1ccc(NC(=O)[C@@H]2CCC[C@@H]2CN)c(Cl)c1.Cl. The van der Waals surface area contributed by atoms with Crippen LogP contribution in [0.1, 0.15) is 26.2 Å². The number of nitrogens with one attached hydrogen (secondary N) is 2. The zero-order valence-electron chi connectivity index (χ0n) is 12.4. The van der Waals surface area contributed by atoms with Crippen molar-refractivity contribution >= 4 is 47.2 Å². The predicted octanol–water partition coefficient (Wildman–Crippen LogP) is 3.03. The van der Waals surface area contributed by atoms with Gasteiger partial charge in [-0.05, 0) is 43.5 Å². The first kappa shape index (κ1) is 18.7. The molecule has 7 heteroatoms. The molecule has 22 heavy (non-hydrogen) atoms. The maximum absolute atomic E-state index is 12.3. The first-order chi connectivity index (χ1) is 10.0. The second kappa shape index (κ2) is 8.36. The third kappa shape index (κ3) is 4.60. The van der Waals surface area contributed by atoms with Crippen molar-refractivity contribution in [1.29, 1.82) is 0 Å². The molecular formula is C15H21Cl2N3O2. The summed E-state index contributed by atoms with van der Waals surface area (Å²) in [4.78, 5) is 23.3. The number of benzene rings is 1. The van der Waals surface area contributed by atoms with Gasteiger partial charge in [0.2, 0.25) is 11.8 Å². The van der Waals surface area contributed by atoms with Gasteiger partial charge in [0.25, 0.3) is 0 Å². The Hall–Kier alpha value is -1.30. The highest BCUT2D eigenvalue weighted by molar-refractivity contribution is 6.34. The van der Waals surface area contributed by atoms with Crippen molar-refractivity contribution in [3.8, 4) is 0 Å². The zero-order chi connectivity index (χ0) is 15.4. The molecule has 1 aliphatic carbocycles. The number of hydrogen-bond donors (Lipinski definition) is 3. The third-order valence-electron chi connectivity index (χ3n) is 3.85. The first-order valence-corrected chi connectivity index (χ1v) is 7.47. The largest absolute Gasteiger partial charge is 0.330 e. The molecule has 1 aromatic carbocycles. The average molecular weight is 346 g/mol. The number of nitrogens with two attached hydrogens (primary N) is 1. The van der Waals surface area contributed by atoms with E-state index in [-0.39, 0.29) is 36.1 Å². The van der Waals surface area contributed by atoms with E-state index in [0.29, 0.717) is 22.9 Å². The molecule has 0 spiro atoms. The van der Waals surface area contributed by atoms with Gasteiger partial charge in [-0.25, -0.2) is 0 Å². The molecule has 0 heterocycles. The summed E-state index contributed by atoms with van der Waals surface area (Å²) in [5.41, 5.74) is 6.86. The molecule has 0 bridgehead atoms. The first-order valence-electron chi connectivity index (χ1n) is 7.09. The molecule has 0 radical (unpaired) electrons. The molecule has 0 saturated heterocycles. The number of carbonyl (C=O) groups is 2. The quantitative estimate of drug-likeness (QED) is 0.783. The summed E-state index contributed by atoms with van der Waals surface area (Å²) in [6, 6.07) is 5.02. The molecule has 2 amide bonds. The van der Waals surface area contributed by atoms with Crippen molar-refractivity contribution in [2.24, 2.45) is 17.6 Å². The lowest BCUT2D eigenvalue weighted by atomic mass is 9.95. The normalized spacial score (nSPS) is 20.1. The molecule has 1 aromatic rings. The minimum atomic E-state index is -0.167. The molecule has 1 fully saturated rings. The Kier molecular flexibility index (Phi) is 7.13. The minimum Gasteiger partial charge on any atom is -0.330 e. The Balaban J connectivity index is 0.00000242. The molecule has 122 valence electrons. The summed E-state index contributed by atoms with van der Waals surface area (Å²) in [7, 11) is 0. The van der Waals surface area contributed by atoms with E-state index in [1.165, 1.54) is 6.92 Å². The van der Waals surface area contributed by atoms with Crippen LogP contribution in [0.25, 0.3) is 0 Å². The number of amides is 2. The van der Waals surface area contributed by atoms with Crippen LogP contribution in [0.4, 0.5) is 11.4 Å². The fourth-order valence-electron chi connectivity index (χ4n) is 2.79. The van der Waals surface area contributed by atoms with Crippen molar-refractivity contribution in [2.75, 3.05) is 17.2 Å². The van der Waals surface area contributed by atoms with Gasteiger partial charge in [-0.15, -0.1) is 12.4 Å². The van der Waals surface area contributed by atoms with Crippen LogP contribution in [-0.2, 0) is 9.59 Å². The Labute approximate surface area is 141 Å². The molecule has 0 unspecified atom stereocenters. The van der Waals surface area contributed by atoms with Gasteiger partial charge in [-0.3, -0.25) is 9.59 Å². The van der Waals surface area contributed by atoms with Crippen LogP contribution in [0, 0.1) is 11.8 Å². The fourth-order valence-corrected chi connectivity index (χ4v) is 3.01. The van der Waals surface area contributed by atoms with Gasteiger partial charge in [0.15, 0.2) is 0 Å². The highest BCUT2D eigenvalue weighted by Gasteiger charge is 2.32. The van der Waals surface area contributed by atoms with Gasteiger partial charge in [0, 0.05) is 18.5 Å². The van der Waals surface area contributed by atoms with Gasteiger partial charge in [-0.2, -0.15) is 0 Å². The molecular weight excluding hydrogens is 325 g/mol. The zero-order valence-corrected chi connectivity index (χ0v) is 14.0. The summed E-state index contributed by atoms with van der Waals surface area (Å²) in [5.74, 6) is 0.0141. The Bertz CT molecular complexity index is 552. The van der Waals surface area contributed by atoms with Crippen LogP contribution in [0.2, 0.25) is 5.02 Å². The smallest absolute Gasteiger partial charge is 0.227 e. The van der Waals surface area contributed by atoms with E-state index in [9.17, 15) is 9.59 Å². The number of hydrogen-bond acceptors (Lipinski definition) is 3. The topological polar surface area (TPSA) is 84.2 Å². The summed E-state index contributed by atoms with van der Waals surface area (Å²) in [5, 5.41) is 5.90. The Morgan fingerprint density at radius 1 is 1.32 bits per heavy atom. The van der Waals surface area contributed by atoms with Gasteiger partial charge < -0.3 is 16.4 Å². The lowest BCUT2D eigenvalue weighted by Crippen LogP contribution is -2.29. The van der Waals surface area contributed by atoms with Crippen LogP contribution in [0.5, 0.6) is 0 Å². The Morgan fingerprint density at radius 2 is 2.05 bits per heavy atom. The van der Waals surface area contributed by atoms with Gasteiger partial charge in [-0.1, -0.05) is 18.0 Å². The number of carbonyl (C=O) groups excluding carboxylic acids is 2. The van der Waals surface area contributed by atoms with E-state index in [0.717, 1.165) is 19.3 Å². The highest BCUT2D eigenvalue weighted by Crippen LogP contribution is 2.33. The van der Waals surface area contributed by atoms with Crippen LogP contribution >= 0.6 is 24.0 Å². The summed E-state index contributed by atoms with van der Waals surface area (Å²) >= 11 is 6.14. The van der Waals surface area contributed by atoms with Crippen LogP contribution in [-0.4, -0.2) is 18.4 Å². The summed E-state index contributed by atoms with van der Waals surface area (Å²) < 4.78 is 0. The van der Waals surface area contributed by atoms with Crippen molar-refractivity contribution in [3.63, 3.8) is 0 Å². The van der Waals surface area contributed by atoms with Crippen molar-refractivity contribution in [2.45, 2.75) is 26.2 Å². The molecule has 0 aromatic heterocycles. The lowest BCUT2D eigenvalue weighted by Gasteiger charge is -2.18. The molecule has 0 aliphatic heterocycles. The molecule has 1 saturated carbocycles. The van der Waals surface area contributed by atoms with Crippen LogP contribution in [0.15, 0.2) is 18.2 Å². The molecule has 5 nitrogen and oxygen atoms in total. The van der Waals surface area contributed by atoms with E-state index < -0.39 is 0 Å². The van der Waals surface area contributed by atoms with Crippen molar-refractivity contribution in [3.05, 3.63) is 23.2 Å². The standard InChI is InChI=1S/C15H20ClN3O2.ClH/c1-9(20)18-11-5-6-14(13(16)7-11)19-15(21)12-4-2-3-10(12)8-17;/h5-7,10,12H,2-4,8,17H2,1H3,(H,18,20)(H,19,21);1H/t10-,12-;/m1./s1. The monoisotopic (exact) mass is 345 g/mol. The molecule has 2 rings (SSSR count). The van der Waals surface area contributed by atoms with Crippen LogP contribution < -0.4 is 16.4 Å². The van der Waals surface area contributed by atoms with E-state index >= 15 is 0 Å². The highest BCUT2D eigenvalue weighted by atomic mass is 35.5. The number of rotatable bonds is 4.